The minimum Gasteiger partial charge on any atom is -0.383 e. The van der Waals surface area contributed by atoms with Crippen molar-refractivity contribution in [2.45, 2.75) is 13.8 Å². The number of pyridine rings is 1. The molecule has 2 rings (SSSR count). The van der Waals surface area contributed by atoms with Gasteiger partial charge in [-0.05, 0) is 53.0 Å². The molecule has 0 amide bonds. The van der Waals surface area contributed by atoms with Gasteiger partial charge in [0.15, 0.2) is 0 Å². The van der Waals surface area contributed by atoms with Crippen LogP contribution in [-0.4, -0.2) is 4.98 Å². The van der Waals surface area contributed by atoms with Gasteiger partial charge in [-0.25, -0.2) is 9.37 Å². The molecule has 0 atom stereocenters. The van der Waals surface area contributed by atoms with Crippen molar-refractivity contribution in [3.05, 3.63) is 33.5 Å². The van der Waals surface area contributed by atoms with Crippen LogP contribution in [0.2, 0.25) is 0 Å². The average Bonchev–Trinajstić information content (AvgIpc) is 2.18. The number of anilines is 1. The standard InChI is InChI=1S/C11H10BrFN2/c1-5-4-8(13)9(12)7-3-6(2)11(14)15-10(5)7/h3-4H,1-2H3,(H2,14,15). The van der Waals surface area contributed by atoms with Gasteiger partial charge in [-0.15, -0.1) is 0 Å². The number of hydrogen-bond donors (Lipinski definition) is 1. The van der Waals surface area contributed by atoms with Crippen LogP contribution >= 0.6 is 15.9 Å². The summed E-state index contributed by atoms with van der Waals surface area (Å²) in [6.45, 7) is 3.67. The summed E-state index contributed by atoms with van der Waals surface area (Å²) in [6, 6.07) is 3.30. The molecule has 0 spiro atoms. The zero-order chi connectivity index (χ0) is 11.2. The Kier molecular flexibility index (Phi) is 2.38. The smallest absolute Gasteiger partial charge is 0.138 e. The van der Waals surface area contributed by atoms with Crippen molar-refractivity contribution in [2.75, 3.05) is 5.73 Å². The molecule has 15 heavy (non-hydrogen) atoms. The van der Waals surface area contributed by atoms with Crippen molar-refractivity contribution in [1.29, 1.82) is 0 Å². The van der Waals surface area contributed by atoms with Crippen LogP contribution in [0.1, 0.15) is 11.1 Å². The molecule has 0 fully saturated rings. The van der Waals surface area contributed by atoms with Crippen LogP contribution in [0.3, 0.4) is 0 Å². The van der Waals surface area contributed by atoms with Crippen LogP contribution in [0.15, 0.2) is 16.6 Å². The van der Waals surface area contributed by atoms with Gasteiger partial charge in [0.1, 0.15) is 11.6 Å². The fourth-order valence-electron chi connectivity index (χ4n) is 1.55. The van der Waals surface area contributed by atoms with E-state index in [0.717, 1.165) is 22.0 Å². The normalized spacial score (nSPS) is 10.9. The third kappa shape index (κ3) is 1.59. The second kappa shape index (κ2) is 3.45. The number of fused-ring (bicyclic) bond motifs is 1. The highest BCUT2D eigenvalue weighted by Gasteiger charge is 2.10. The third-order valence-electron chi connectivity index (χ3n) is 2.42. The van der Waals surface area contributed by atoms with Gasteiger partial charge in [-0.3, -0.25) is 0 Å². The second-order valence-electron chi connectivity index (χ2n) is 3.58. The third-order valence-corrected chi connectivity index (χ3v) is 3.22. The van der Waals surface area contributed by atoms with Crippen molar-refractivity contribution < 1.29 is 4.39 Å². The van der Waals surface area contributed by atoms with Crippen molar-refractivity contribution in [3.63, 3.8) is 0 Å². The second-order valence-corrected chi connectivity index (χ2v) is 4.37. The van der Waals surface area contributed by atoms with E-state index in [1.807, 2.05) is 19.9 Å². The number of aryl methyl sites for hydroxylation is 2. The molecule has 1 heterocycles. The van der Waals surface area contributed by atoms with Crippen LogP contribution in [0.25, 0.3) is 10.9 Å². The SMILES string of the molecule is Cc1cc2c(Br)c(F)cc(C)c2nc1N. The Hall–Kier alpha value is -1.16. The maximum Gasteiger partial charge on any atom is 0.138 e. The Balaban J connectivity index is 2.97. The Morgan fingerprint density at radius 1 is 1.27 bits per heavy atom. The van der Waals surface area contributed by atoms with Gasteiger partial charge in [0.05, 0.1) is 9.99 Å². The lowest BCUT2D eigenvalue weighted by atomic mass is 10.1. The first kappa shape index (κ1) is 10.4. The summed E-state index contributed by atoms with van der Waals surface area (Å²) in [4.78, 5) is 4.26. The zero-order valence-electron chi connectivity index (χ0n) is 8.44. The van der Waals surface area contributed by atoms with Crippen LogP contribution < -0.4 is 5.73 Å². The summed E-state index contributed by atoms with van der Waals surface area (Å²) in [7, 11) is 0. The molecule has 2 nitrogen and oxygen atoms in total. The number of aromatic nitrogens is 1. The number of hydrogen-bond acceptors (Lipinski definition) is 2. The Morgan fingerprint density at radius 3 is 2.60 bits per heavy atom. The van der Waals surface area contributed by atoms with E-state index < -0.39 is 0 Å². The minimum atomic E-state index is -0.272. The van der Waals surface area contributed by atoms with Crippen LogP contribution in [0.4, 0.5) is 10.2 Å². The number of benzene rings is 1. The topological polar surface area (TPSA) is 38.9 Å². The molecule has 4 heteroatoms. The van der Waals surface area contributed by atoms with Gasteiger partial charge >= 0.3 is 0 Å². The maximum atomic E-state index is 13.4. The summed E-state index contributed by atoms with van der Waals surface area (Å²) in [5, 5.41) is 0.763. The van der Waals surface area contributed by atoms with E-state index in [0.29, 0.717) is 10.3 Å². The molecule has 0 saturated heterocycles. The van der Waals surface area contributed by atoms with Gasteiger partial charge in [0.25, 0.3) is 0 Å². The molecule has 0 radical (unpaired) electrons. The van der Waals surface area contributed by atoms with Crippen LogP contribution in [0, 0.1) is 19.7 Å². The van der Waals surface area contributed by atoms with E-state index in [4.69, 9.17) is 5.73 Å². The minimum absolute atomic E-state index is 0.272. The molecular weight excluding hydrogens is 259 g/mol. The van der Waals surface area contributed by atoms with E-state index in [1.54, 1.807) is 0 Å². The predicted octanol–water partition coefficient (Wildman–Crippen LogP) is 3.34. The number of halogens is 2. The van der Waals surface area contributed by atoms with Gasteiger partial charge in [-0.1, -0.05) is 0 Å². The molecule has 78 valence electrons. The molecule has 0 saturated carbocycles. The lowest BCUT2D eigenvalue weighted by Gasteiger charge is -2.08. The fourth-order valence-corrected chi connectivity index (χ4v) is 1.96. The van der Waals surface area contributed by atoms with Crippen LogP contribution in [-0.2, 0) is 0 Å². The average molecular weight is 269 g/mol. The lowest BCUT2D eigenvalue weighted by molar-refractivity contribution is 0.622. The molecule has 1 aromatic carbocycles. The Morgan fingerprint density at radius 2 is 1.93 bits per heavy atom. The molecule has 1 aromatic heterocycles. The summed E-state index contributed by atoms with van der Waals surface area (Å²) < 4.78 is 13.9. The predicted molar refractivity (Wildman–Crippen MR) is 63.3 cm³/mol. The van der Waals surface area contributed by atoms with Gasteiger partial charge < -0.3 is 5.73 Å². The van der Waals surface area contributed by atoms with Gasteiger partial charge in [0.2, 0.25) is 0 Å². The number of nitrogens with zero attached hydrogens (tertiary/aromatic N) is 1. The fraction of sp³-hybridized carbons (Fsp3) is 0.182. The van der Waals surface area contributed by atoms with E-state index >= 15 is 0 Å². The van der Waals surface area contributed by atoms with Gasteiger partial charge in [-0.2, -0.15) is 0 Å². The van der Waals surface area contributed by atoms with Gasteiger partial charge in [0, 0.05) is 5.39 Å². The monoisotopic (exact) mass is 268 g/mol. The Bertz CT molecular complexity index is 552. The van der Waals surface area contributed by atoms with E-state index in [1.165, 1.54) is 6.07 Å². The molecule has 0 aliphatic heterocycles. The first-order valence-corrected chi connectivity index (χ1v) is 5.31. The molecule has 0 unspecified atom stereocenters. The first-order chi connectivity index (χ1) is 7.00. The first-order valence-electron chi connectivity index (χ1n) is 4.52. The van der Waals surface area contributed by atoms with Crippen molar-refractivity contribution in [2.24, 2.45) is 0 Å². The molecule has 0 aliphatic carbocycles. The lowest BCUT2D eigenvalue weighted by Crippen LogP contribution is -1.97. The number of nitrogens with two attached hydrogens (primary N) is 1. The largest absolute Gasteiger partial charge is 0.383 e. The molecular formula is C11H10BrFN2. The highest BCUT2D eigenvalue weighted by molar-refractivity contribution is 9.10. The molecule has 2 N–H and O–H groups in total. The van der Waals surface area contributed by atoms with Crippen molar-refractivity contribution in [1.82, 2.24) is 4.98 Å². The zero-order valence-corrected chi connectivity index (χ0v) is 10.0. The summed E-state index contributed by atoms with van der Waals surface area (Å²) in [6.07, 6.45) is 0. The van der Waals surface area contributed by atoms with Crippen LogP contribution in [0.5, 0.6) is 0 Å². The van der Waals surface area contributed by atoms with Crippen molar-refractivity contribution in [3.8, 4) is 0 Å². The van der Waals surface area contributed by atoms with E-state index in [9.17, 15) is 4.39 Å². The van der Waals surface area contributed by atoms with Crippen molar-refractivity contribution >= 4 is 32.7 Å². The molecule has 0 aliphatic rings. The maximum absolute atomic E-state index is 13.4. The quantitative estimate of drug-likeness (QED) is 0.796. The van der Waals surface area contributed by atoms with E-state index in [-0.39, 0.29) is 5.82 Å². The van der Waals surface area contributed by atoms with E-state index in [2.05, 4.69) is 20.9 Å². The summed E-state index contributed by atoms with van der Waals surface area (Å²) in [5.74, 6) is 0.218. The Labute approximate surface area is 95.4 Å². The number of nitrogen functional groups attached to an aromatic ring is 1. The summed E-state index contributed by atoms with van der Waals surface area (Å²) in [5.41, 5.74) is 8.11. The summed E-state index contributed by atoms with van der Waals surface area (Å²) >= 11 is 3.22. The highest BCUT2D eigenvalue weighted by atomic mass is 79.9. The highest BCUT2D eigenvalue weighted by Crippen LogP contribution is 2.30. The number of rotatable bonds is 0. The molecule has 2 aromatic rings. The molecule has 0 bridgehead atoms.